The zero-order chi connectivity index (χ0) is 21.7. The van der Waals surface area contributed by atoms with Crippen molar-refractivity contribution in [2.24, 2.45) is 0 Å². The largest absolute Gasteiger partial charge is 0.369 e. The molecule has 0 aliphatic carbocycles. The van der Waals surface area contributed by atoms with Crippen molar-refractivity contribution in [3.8, 4) is 0 Å². The molecule has 2 aromatic heterocycles. The Labute approximate surface area is 180 Å². The molecule has 0 amide bonds. The average Bonchev–Trinajstić information content (AvgIpc) is 2.77. The standard InChI is InChI=1S/C22H22N6O2S/c1-16-26-21(15-22(27-16)28-20-8-4-5-11-23-20)24-12-13-25-31(29,30)19-10-9-17-6-2-3-7-18(17)14-19/h2-11,14-15,25H,12-13H2,1H3,(H2,23,24,26,27,28). The Morgan fingerprint density at radius 2 is 1.58 bits per heavy atom. The molecule has 0 unspecified atom stereocenters. The zero-order valence-electron chi connectivity index (χ0n) is 16.9. The summed E-state index contributed by atoms with van der Waals surface area (Å²) in [6, 6.07) is 20.0. The molecule has 0 spiro atoms. The molecule has 0 atom stereocenters. The van der Waals surface area contributed by atoms with Gasteiger partial charge >= 0.3 is 0 Å². The van der Waals surface area contributed by atoms with Gasteiger partial charge in [-0.2, -0.15) is 0 Å². The number of aromatic nitrogens is 3. The second kappa shape index (κ2) is 9.07. The molecular formula is C22H22N6O2S. The molecule has 4 rings (SSSR count). The molecule has 0 saturated carbocycles. The van der Waals surface area contributed by atoms with Crippen LogP contribution in [0.5, 0.6) is 0 Å². The highest BCUT2D eigenvalue weighted by molar-refractivity contribution is 7.89. The first kappa shape index (κ1) is 20.7. The van der Waals surface area contributed by atoms with Crippen LogP contribution in [0.25, 0.3) is 10.8 Å². The Morgan fingerprint density at radius 3 is 2.39 bits per heavy atom. The number of sulfonamides is 1. The van der Waals surface area contributed by atoms with E-state index in [1.54, 1.807) is 31.3 Å². The first-order chi connectivity index (χ1) is 15.0. The number of rotatable bonds is 8. The van der Waals surface area contributed by atoms with Gasteiger partial charge in [0.2, 0.25) is 10.0 Å². The third kappa shape index (κ3) is 5.33. The Kier molecular flexibility index (Phi) is 6.06. The van der Waals surface area contributed by atoms with Crippen molar-refractivity contribution >= 4 is 38.2 Å². The van der Waals surface area contributed by atoms with Crippen LogP contribution < -0.4 is 15.4 Å². The van der Waals surface area contributed by atoms with Crippen LogP contribution in [0.1, 0.15) is 5.82 Å². The number of anilines is 3. The van der Waals surface area contributed by atoms with Crippen molar-refractivity contribution in [2.45, 2.75) is 11.8 Å². The molecule has 3 N–H and O–H groups in total. The lowest BCUT2D eigenvalue weighted by Crippen LogP contribution is -2.29. The van der Waals surface area contributed by atoms with Crippen molar-refractivity contribution in [3.05, 3.63) is 78.8 Å². The molecule has 9 heteroatoms. The number of benzene rings is 2. The Morgan fingerprint density at radius 1 is 0.806 bits per heavy atom. The van der Waals surface area contributed by atoms with Crippen molar-refractivity contribution in [3.63, 3.8) is 0 Å². The van der Waals surface area contributed by atoms with E-state index in [2.05, 4.69) is 30.3 Å². The van der Waals surface area contributed by atoms with E-state index in [0.29, 0.717) is 29.8 Å². The lowest BCUT2D eigenvalue weighted by molar-refractivity contribution is 0.583. The predicted octanol–water partition coefficient (Wildman–Crippen LogP) is 3.47. The van der Waals surface area contributed by atoms with Gasteiger partial charge in [-0.3, -0.25) is 0 Å². The number of hydrogen-bond acceptors (Lipinski definition) is 7. The fraction of sp³-hybridized carbons (Fsp3) is 0.136. The van der Waals surface area contributed by atoms with E-state index in [9.17, 15) is 8.42 Å². The van der Waals surface area contributed by atoms with E-state index in [1.807, 2.05) is 48.5 Å². The van der Waals surface area contributed by atoms with E-state index in [4.69, 9.17) is 0 Å². The molecule has 0 fully saturated rings. The first-order valence-corrected chi connectivity index (χ1v) is 11.2. The Balaban J connectivity index is 1.36. The molecule has 2 heterocycles. The van der Waals surface area contributed by atoms with Gasteiger partial charge in [-0.05, 0) is 42.0 Å². The summed E-state index contributed by atoms with van der Waals surface area (Å²) in [6.45, 7) is 2.37. The monoisotopic (exact) mass is 434 g/mol. The highest BCUT2D eigenvalue weighted by Gasteiger charge is 2.13. The minimum Gasteiger partial charge on any atom is -0.369 e. The van der Waals surface area contributed by atoms with Crippen LogP contribution in [0.2, 0.25) is 0 Å². The molecule has 0 bridgehead atoms. The smallest absolute Gasteiger partial charge is 0.240 e. The highest BCUT2D eigenvalue weighted by atomic mass is 32.2. The summed E-state index contributed by atoms with van der Waals surface area (Å²) in [6.07, 6.45) is 1.69. The maximum Gasteiger partial charge on any atom is 0.240 e. The van der Waals surface area contributed by atoms with Gasteiger partial charge in [-0.25, -0.2) is 28.1 Å². The van der Waals surface area contributed by atoms with Crippen molar-refractivity contribution in [2.75, 3.05) is 23.7 Å². The fourth-order valence-electron chi connectivity index (χ4n) is 3.08. The molecule has 4 aromatic rings. The van der Waals surface area contributed by atoms with Gasteiger partial charge in [-0.15, -0.1) is 0 Å². The van der Waals surface area contributed by atoms with Gasteiger partial charge in [0.1, 0.15) is 23.3 Å². The van der Waals surface area contributed by atoms with Gasteiger partial charge in [0.05, 0.1) is 4.90 Å². The van der Waals surface area contributed by atoms with E-state index in [1.165, 1.54) is 0 Å². The van der Waals surface area contributed by atoms with E-state index in [0.717, 1.165) is 10.8 Å². The molecule has 31 heavy (non-hydrogen) atoms. The maximum absolute atomic E-state index is 12.6. The zero-order valence-corrected chi connectivity index (χ0v) is 17.7. The van der Waals surface area contributed by atoms with Gasteiger partial charge in [0, 0.05) is 25.4 Å². The summed E-state index contributed by atoms with van der Waals surface area (Å²) in [4.78, 5) is 13.1. The third-order valence-electron chi connectivity index (χ3n) is 4.51. The van der Waals surface area contributed by atoms with Crippen molar-refractivity contribution < 1.29 is 8.42 Å². The number of nitrogens with zero attached hydrogens (tertiary/aromatic N) is 3. The van der Waals surface area contributed by atoms with Gasteiger partial charge < -0.3 is 10.6 Å². The van der Waals surface area contributed by atoms with Crippen molar-refractivity contribution in [1.82, 2.24) is 19.7 Å². The van der Waals surface area contributed by atoms with Crippen LogP contribution in [0.3, 0.4) is 0 Å². The topological polar surface area (TPSA) is 109 Å². The van der Waals surface area contributed by atoms with E-state index < -0.39 is 10.0 Å². The second-order valence-corrected chi connectivity index (χ2v) is 8.63. The minimum absolute atomic E-state index is 0.210. The van der Waals surface area contributed by atoms with Gasteiger partial charge in [0.15, 0.2) is 0 Å². The lowest BCUT2D eigenvalue weighted by Gasteiger charge is -2.11. The minimum atomic E-state index is -3.61. The van der Waals surface area contributed by atoms with Crippen LogP contribution in [0, 0.1) is 6.92 Å². The molecular weight excluding hydrogens is 412 g/mol. The molecule has 2 aromatic carbocycles. The van der Waals surface area contributed by atoms with Crippen LogP contribution >= 0.6 is 0 Å². The summed E-state index contributed by atoms with van der Waals surface area (Å²) in [5, 5.41) is 8.13. The molecule has 8 nitrogen and oxygen atoms in total. The molecule has 0 radical (unpaired) electrons. The summed E-state index contributed by atoms with van der Waals surface area (Å²) in [7, 11) is -3.61. The van der Waals surface area contributed by atoms with E-state index in [-0.39, 0.29) is 11.4 Å². The second-order valence-electron chi connectivity index (χ2n) is 6.86. The summed E-state index contributed by atoms with van der Waals surface area (Å²) in [5.41, 5.74) is 0. The maximum atomic E-state index is 12.6. The Bertz CT molecular complexity index is 1300. The van der Waals surface area contributed by atoms with Crippen LogP contribution in [0.15, 0.2) is 77.8 Å². The summed E-state index contributed by atoms with van der Waals surface area (Å²) < 4.78 is 27.9. The summed E-state index contributed by atoms with van der Waals surface area (Å²) in [5.74, 6) is 2.45. The van der Waals surface area contributed by atoms with Crippen LogP contribution in [-0.4, -0.2) is 36.5 Å². The number of nitrogens with one attached hydrogen (secondary N) is 3. The molecule has 0 aliphatic heterocycles. The normalized spacial score (nSPS) is 11.4. The quantitative estimate of drug-likeness (QED) is 0.364. The third-order valence-corrected chi connectivity index (χ3v) is 5.97. The predicted molar refractivity (Wildman–Crippen MR) is 122 cm³/mol. The summed E-state index contributed by atoms with van der Waals surface area (Å²) >= 11 is 0. The number of fused-ring (bicyclic) bond motifs is 1. The van der Waals surface area contributed by atoms with Crippen LogP contribution in [-0.2, 0) is 10.0 Å². The molecule has 158 valence electrons. The molecule has 0 aliphatic rings. The first-order valence-electron chi connectivity index (χ1n) is 9.76. The SMILES string of the molecule is Cc1nc(NCCNS(=O)(=O)c2ccc3ccccc3c2)cc(Nc2ccccn2)n1. The van der Waals surface area contributed by atoms with Crippen molar-refractivity contribution in [1.29, 1.82) is 0 Å². The average molecular weight is 435 g/mol. The van der Waals surface area contributed by atoms with E-state index >= 15 is 0 Å². The number of pyridine rings is 1. The Hall–Kier alpha value is -3.56. The lowest BCUT2D eigenvalue weighted by atomic mass is 10.1. The van der Waals surface area contributed by atoms with Crippen LogP contribution in [0.4, 0.5) is 17.5 Å². The number of hydrogen-bond donors (Lipinski definition) is 3. The molecule has 0 saturated heterocycles. The fourth-order valence-corrected chi connectivity index (χ4v) is 4.15. The van der Waals surface area contributed by atoms with Gasteiger partial charge in [0.25, 0.3) is 0 Å². The highest BCUT2D eigenvalue weighted by Crippen LogP contribution is 2.19. The number of aryl methyl sites for hydroxylation is 1. The van der Waals surface area contributed by atoms with Gasteiger partial charge in [-0.1, -0.05) is 36.4 Å².